The molecular formula is C26H28N4O5S. The van der Waals surface area contributed by atoms with Crippen LogP contribution in [0.15, 0.2) is 70.0 Å². The SMILES string of the molecule is CCOC(=O)C1=C(C)N=C2SC=C(CC(=O)NCc3ccccn3)N2[C@@H]1c1ccc(OC)c(OC)c1. The zero-order valence-electron chi connectivity index (χ0n) is 20.6. The van der Waals surface area contributed by atoms with Crippen molar-refractivity contribution in [3.63, 3.8) is 0 Å². The number of aromatic nitrogens is 1. The molecule has 1 aromatic heterocycles. The van der Waals surface area contributed by atoms with Gasteiger partial charge in [0.05, 0.1) is 56.8 Å². The number of esters is 1. The van der Waals surface area contributed by atoms with Gasteiger partial charge in [-0.15, -0.1) is 0 Å². The molecule has 4 rings (SSSR count). The van der Waals surface area contributed by atoms with E-state index in [9.17, 15) is 9.59 Å². The molecule has 0 saturated carbocycles. The lowest BCUT2D eigenvalue weighted by molar-refractivity contribution is -0.139. The van der Waals surface area contributed by atoms with E-state index in [0.29, 0.717) is 34.5 Å². The summed E-state index contributed by atoms with van der Waals surface area (Å²) in [4.78, 5) is 36.8. The van der Waals surface area contributed by atoms with Crippen LogP contribution in [0, 0.1) is 0 Å². The van der Waals surface area contributed by atoms with Crippen LogP contribution in [0.25, 0.3) is 0 Å². The Morgan fingerprint density at radius 2 is 1.94 bits per heavy atom. The number of rotatable bonds is 9. The van der Waals surface area contributed by atoms with Gasteiger partial charge in [-0.2, -0.15) is 0 Å². The summed E-state index contributed by atoms with van der Waals surface area (Å²) in [6.45, 7) is 4.12. The average molecular weight is 509 g/mol. The van der Waals surface area contributed by atoms with Crippen molar-refractivity contribution in [2.24, 2.45) is 4.99 Å². The number of ether oxygens (including phenoxy) is 3. The quantitative estimate of drug-likeness (QED) is 0.508. The highest BCUT2D eigenvalue weighted by molar-refractivity contribution is 8.16. The molecule has 2 aliphatic rings. The van der Waals surface area contributed by atoms with Crippen LogP contribution in [-0.4, -0.2) is 47.8 Å². The number of carbonyl (C=O) groups excluding carboxylic acids is 2. The zero-order chi connectivity index (χ0) is 25.7. The van der Waals surface area contributed by atoms with Crippen molar-refractivity contribution in [3.05, 3.63) is 76.2 Å². The number of aliphatic imine (C=N–C) groups is 1. The Balaban J connectivity index is 1.66. The van der Waals surface area contributed by atoms with Crippen molar-refractivity contribution in [3.8, 4) is 11.5 Å². The van der Waals surface area contributed by atoms with Gasteiger partial charge in [-0.1, -0.05) is 23.9 Å². The van der Waals surface area contributed by atoms with Crippen molar-refractivity contribution in [2.45, 2.75) is 32.9 Å². The molecule has 0 fully saturated rings. The van der Waals surface area contributed by atoms with Crippen LogP contribution in [0.4, 0.5) is 0 Å². The van der Waals surface area contributed by atoms with Crippen LogP contribution in [0.3, 0.4) is 0 Å². The van der Waals surface area contributed by atoms with E-state index < -0.39 is 12.0 Å². The number of amides is 1. The Morgan fingerprint density at radius 1 is 1.14 bits per heavy atom. The molecule has 2 aliphatic heterocycles. The molecule has 10 heteroatoms. The van der Waals surface area contributed by atoms with Gasteiger partial charge in [-0.25, -0.2) is 9.79 Å². The number of nitrogens with one attached hydrogen (secondary N) is 1. The van der Waals surface area contributed by atoms with Crippen molar-refractivity contribution < 1.29 is 23.8 Å². The zero-order valence-corrected chi connectivity index (χ0v) is 21.4. The fourth-order valence-electron chi connectivity index (χ4n) is 4.10. The first-order valence-corrected chi connectivity index (χ1v) is 12.3. The summed E-state index contributed by atoms with van der Waals surface area (Å²) < 4.78 is 16.3. The third-order valence-electron chi connectivity index (χ3n) is 5.75. The minimum absolute atomic E-state index is 0.109. The molecule has 1 amide bonds. The van der Waals surface area contributed by atoms with Crippen LogP contribution >= 0.6 is 11.8 Å². The topological polar surface area (TPSA) is 102 Å². The van der Waals surface area contributed by atoms with E-state index in [1.807, 2.05) is 40.6 Å². The maximum Gasteiger partial charge on any atom is 0.338 e. The second kappa shape index (κ2) is 11.3. The highest BCUT2D eigenvalue weighted by Gasteiger charge is 2.41. The molecule has 1 aromatic carbocycles. The van der Waals surface area contributed by atoms with Gasteiger partial charge in [0.25, 0.3) is 0 Å². The van der Waals surface area contributed by atoms with E-state index in [-0.39, 0.29) is 18.9 Å². The third-order valence-corrected chi connectivity index (χ3v) is 6.64. The lowest BCUT2D eigenvalue weighted by atomic mass is 9.93. The van der Waals surface area contributed by atoms with E-state index in [4.69, 9.17) is 14.2 Å². The van der Waals surface area contributed by atoms with Gasteiger partial charge in [-0.05, 0) is 49.1 Å². The van der Waals surface area contributed by atoms with Gasteiger partial charge >= 0.3 is 5.97 Å². The van der Waals surface area contributed by atoms with Gasteiger partial charge in [0.2, 0.25) is 5.91 Å². The number of hydrogen-bond donors (Lipinski definition) is 1. The molecule has 3 heterocycles. The van der Waals surface area contributed by atoms with E-state index in [2.05, 4.69) is 15.3 Å². The molecule has 0 saturated heterocycles. The highest BCUT2D eigenvalue weighted by atomic mass is 32.2. The van der Waals surface area contributed by atoms with Crippen molar-refractivity contribution in [2.75, 3.05) is 20.8 Å². The number of hydrogen-bond acceptors (Lipinski definition) is 9. The number of fused-ring (bicyclic) bond motifs is 1. The van der Waals surface area contributed by atoms with Crippen molar-refractivity contribution in [1.82, 2.24) is 15.2 Å². The molecule has 0 aliphatic carbocycles. The summed E-state index contributed by atoms with van der Waals surface area (Å²) in [5.74, 6) is 0.493. The fraction of sp³-hybridized carbons (Fsp3) is 0.308. The van der Waals surface area contributed by atoms with Crippen LogP contribution in [0.5, 0.6) is 11.5 Å². The molecule has 0 spiro atoms. The fourth-order valence-corrected chi connectivity index (χ4v) is 5.06. The number of benzene rings is 1. The first-order chi connectivity index (χ1) is 17.5. The molecule has 1 atom stereocenters. The predicted octanol–water partition coefficient (Wildman–Crippen LogP) is 3.94. The van der Waals surface area contributed by atoms with E-state index in [1.165, 1.54) is 11.8 Å². The van der Waals surface area contributed by atoms with Crippen LogP contribution in [-0.2, 0) is 20.9 Å². The van der Waals surface area contributed by atoms with Gasteiger partial charge in [0, 0.05) is 11.9 Å². The smallest absolute Gasteiger partial charge is 0.338 e. The van der Waals surface area contributed by atoms with Gasteiger partial charge in [0.15, 0.2) is 16.7 Å². The monoisotopic (exact) mass is 508 g/mol. The largest absolute Gasteiger partial charge is 0.493 e. The number of allylic oxidation sites excluding steroid dienone is 1. The third kappa shape index (κ3) is 5.23. The molecule has 0 radical (unpaired) electrons. The first-order valence-electron chi connectivity index (χ1n) is 11.5. The Bertz CT molecular complexity index is 1240. The van der Waals surface area contributed by atoms with E-state index in [1.54, 1.807) is 40.3 Å². The van der Waals surface area contributed by atoms with E-state index in [0.717, 1.165) is 17.0 Å². The Hall–Kier alpha value is -3.79. The van der Waals surface area contributed by atoms with Crippen LogP contribution in [0.2, 0.25) is 0 Å². The molecule has 2 aromatic rings. The minimum Gasteiger partial charge on any atom is -0.493 e. The maximum absolute atomic E-state index is 13.1. The molecule has 1 N–H and O–H groups in total. The maximum atomic E-state index is 13.1. The number of amidine groups is 1. The van der Waals surface area contributed by atoms with Crippen LogP contribution < -0.4 is 14.8 Å². The predicted molar refractivity (Wildman–Crippen MR) is 137 cm³/mol. The summed E-state index contributed by atoms with van der Waals surface area (Å²) >= 11 is 1.42. The van der Waals surface area contributed by atoms with Gasteiger partial charge in [-0.3, -0.25) is 9.78 Å². The molecule has 0 bridgehead atoms. The Labute approximate surface area is 214 Å². The molecule has 188 valence electrons. The Kier molecular flexibility index (Phi) is 7.94. The average Bonchev–Trinajstić information content (AvgIpc) is 3.28. The molecular weight excluding hydrogens is 480 g/mol. The number of nitrogens with zero attached hydrogens (tertiary/aromatic N) is 3. The minimum atomic E-state index is -0.554. The van der Waals surface area contributed by atoms with Crippen LogP contribution in [0.1, 0.15) is 37.6 Å². The molecule has 0 unspecified atom stereocenters. The number of methoxy groups -OCH3 is 2. The summed E-state index contributed by atoms with van der Waals surface area (Å²) in [5.41, 5.74) is 3.26. The Morgan fingerprint density at radius 3 is 2.64 bits per heavy atom. The second-order valence-corrected chi connectivity index (χ2v) is 8.84. The molecule has 36 heavy (non-hydrogen) atoms. The summed E-state index contributed by atoms with van der Waals surface area (Å²) in [6, 6.07) is 10.5. The summed E-state index contributed by atoms with van der Waals surface area (Å²) in [6.07, 6.45) is 1.80. The lowest BCUT2D eigenvalue weighted by Crippen LogP contribution is -2.38. The second-order valence-electron chi connectivity index (χ2n) is 8.00. The first kappa shape index (κ1) is 25.3. The van der Waals surface area contributed by atoms with E-state index >= 15 is 0 Å². The standard InChI is InChI=1S/C26H28N4O5S/c1-5-35-25(32)23-16(2)29-26-30(24(23)17-9-10-20(33-3)21(12-17)34-4)19(15-36-26)13-22(31)28-14-18-8-6-7-11-27-18/h6-12,15,24H,5,13-14H2,1-4H3,(H,28,31)/t24-/m1/s1. The number of pyridine rings is 1. The highest BCUT2D eigenvalue weighted by Crippen LogP contribution is 2.46. The summed E-state index contributed by atoms with van der Waals surface area (Å²) in [7, 11) is 3.13. The normalized spacial score (nSPS) is 16.7. The summed E-state index contributed by atoms with van der Waals surface area (Å²) in [5, 5.41) is 5.50. The lowest BCUT2D eigenvalue weighted by Gasteiger charge is -2.36. The number of carbonyl (C=O) groups is 2. The molecule has 9 nitrogen and oxygen atoms in total. The van der Waals surface area contributed by atoms with Crippen molar-refractivity contribution in [1.29, 1.82) is 0 Å². The number of thioether (sulfide) groups is 1. The van der Waals surface area contributed by atoms with Gasteiger partial charge in [0.1, 0.15) is 0 Å². The van der Waals surface area contributed by atoms with Crippen molar-refractivity contribution >= 4 is 28.8 Å². The van der Waals surface area contributed by atoms with Gasteiger partial charge < -0.3 is 24.4 Å².